The van der Waals surface area contributed by atoms with Crippen molar-refractivity contribution in [3.63, 3.8) is 0 Å². The quantitative estimate of drug-likeness (QED) is 0.685. The Balaban J connectivity index is 1.95. The van der Waals surface area contributed by atoms with E-state index >= 15 is 0 Å². The number of nitrogens with zero attached hydrogens (tertiary/aromatic N) is 1. The summed E-state index contributed by atoms with van der Waals surface area (Å²) in [6.07, 6.45) is -1.67. The summed E-state index contributed by atoms with van der Waals surface area (Å²) in [7, 11) is 0. The standard InChI is InChI=1S/C15H13N3O3/c16-14(20)21-15-17-11-7-6-10(8-12(11)18-15)13(19)9-4-2-1-3-5-9/h1-8,13,19H,(H2,16,20)(H,17,18). The zero-order valence-corrected chi connectivity index (χ0v) is 11.0. The number of ether oxygens (including phenoxy) is 1. The fourth-order valence-electron chi connectivity index (χ4n) is 2.14. The van der Waals surface area contributed by atoms with Gasteiger partial charge in [-0.1, -0.05) is 36.4 Å². The van der Waals surface area contributed by atoms with Crippen molar-refractivity contribution in [2.45, 2.75) is 6.10 Å². The third-order valence-corrected chi connectivity index (χ3v) is 3.11. The summed E-state index contributed by atoms with van der Waals surface area (Å²) in [6, 6.07) is 14.6. The third-order valence-electron chi connectivity index (χ3n) is 3.11. The molecule has 3 aromatic rings. The number of hydrogen-bond donors (Lipinski definition) is 3. The van der Waals surface area contributed by atoms with Crippen LogP contribution in [0.3, 0.4) is 0 Å². The Morgan fingerprint density at radius 3 is 2.67 bits per heavy atom. The van der Waals surface area contributed by atoms with Crippen molar-refractivity contribution in [2.24, 2.45) is 5.73 Å². The first-order chi connectivity index (χ1) is 10.1. The van der Waals surface area contributed by atoms with Crippen LogP contribution in [0.4, 0.5) is 4.79 Å². The number of aromatic amines is 1. The Hall–Kier alpha value is -2.86. The van der Waals surface area contributed by atoms with Gasteiger partial charge >= 0.3 is 12.1 Å². The second kappa shape index (κ2) is 5.26. The minimum Gasteiger partial charge on any atom is -0.384 e. The molecule has 0 saturated carbocycles. The maximum absolute atomic E-state index is 10.7. The number of carbonyl (C=O) groups is 1. The molecular formula is C15H13N3O3. The van der Waals surface area contributed by atoms with E-state index in [1.807, 2.05) is 30.3 Å². The average Bonchev–Trinajstić information content (AvgIpc) is 2.87. The minimum absolute atomic E-state index is 0.0313. The summed E-state index contributed by atoms with van der Waals surface area (Å²) in [6.45, 7) is 0. The number of primary amides is 1. The SMILES string of the molecule is NC(=O)Oc1nc2cc(C(O)c3ccccc3)ccc2[nH]1. The largest absolute Gasteiger partial charge is 0.412 e. The number of imidazole rings is 1. The van der Waals surface area contributed by atoms with Crippen LogP contribution >= 0.6 is 0 Å². The van der Waals surface area contributed by atoms with Gasteiger partial charge in [0.15, 0.2) is 0 Å². The monoisotopic (exact) mass is 283 g/mol. The van der Waals surface area contributed by atoms with Crippen molar-refractivity contribution in [2.75, 3.05) is 0 Å². The van der Waals surface area contributed by atoms with E-state index in [0.717, 1.165) is 5.56 Å². The van der Waals surface area contributed by atoms with Crippen molar-refractivity contribution in [3.8, 4) is 6.01 Å². The number of aliphatic hydroxyl groups is 1. The number of rotatable bonds is 3. The normalized spacial score (nSPS) is 12.2. The van der Waals surface area contributed by atoms with Crippen LogP contribution in [0.2, 0.25) is 0 Å². The molecule has 0 aliphatic heterocycles. The second-order valence-corrected chi connectivity index (χ2v) is 4.55. The minimum atomic E-state index is -0.932. The lowest BCUT2D eigenvalue weighted by atomic mass is 10.0. The summed E-state index contributed by atoms with van der Waals surface area (Å²) in [4.78, 5) is 17.6. The van der Waals surface area contributed by atoms with Crippen LogP contribution in [-0.2, 0) is 0 Å². The molecule has 3 rings (SSSR count). The lowest BCUT2D eigenvalue weighted by Gasteiger charge is -2.10. The third kappa shape index (κ3) is 2.70. The first kappa shape index (κ1) is 13.1. The van der Waals surface area contributed by atoms with Crippen molar-refractivity contribution in [1.82, 2.24) is 9.97 Å². The Morgan fingerprint density at radius 2 is 1.95 bits per heavy atom. The highest BCUT2D eigenvalue weighted by molar-refractivity contribution is 5.78. The lowest BCUT2D eigenvalue weighted by molar-refractivity contribution is 0.207. The van der Waals surface area contributed by atoms with Gasteiger partial charge in [0.2, 0.25) is 0 Å². The molecular weight excluding hydrogens is 270 g/mol. The van der Waals surface area contributed by atoms with E-state index in [9.17, 15) is 9.90 Å². The van der Waals surface area contributed by atoms with E-state index in [1.54, 1.807) is 18.2 Å². The zero-order chi connectivity index (χ0) is 14.8. The molecule has 1 atom stereocenters. The number of H-pyrrole nitrogens is 1. The molecule has 21 heavy (non-hydrogen) atoms. The van der Waals surface area contributed by atoms with E-state index in [4.69, 9.17) is 10.5 Å². The van der Waals surface area contributed by atoms with Crippen molar-refractivity contribution < 1.29 is 14.6 Å². The van der Waals surface area contributed by atoms with Gasteiger partial charge in [-0.3, -0.25) is 0 Å². The molecule has 4 N–H and O–H groups in total. The number of hydrogen-bond acceptors (Lipinski definition) is 4. The number of nitrogens with two attached hydrogens (primary N) is 1. The molecule has 1 amide bonds. The van der Waals surface area contributed by atoms with Crippen LogP contribution in [0.1, 0.15) is 17.2 Å². The summed E-state index contributed by atoms with van der Waals surface area (Å²) in [5.74, 6) is 0. The van der Waals surface area contributed by atoms with Crippen LogP contribution in [0.15, 0.2) is 48.5 Å². The zero-order valence-electron chi connectivity index (χ0n) is 11.0. The van der Waals surface area contributed by atoms with Crippen molar-refractivity contribution in [3.05, 3.63) is 59.7 Å². The number of aliphatic hydroxyl groups excluding tert-OH is 1. The van der Waals surface area contributed by atoms with E-state index in [1.165, 1.54) is 0 Å². The van der Waals surface area contributed by atoms with Crippen molar-refractivity contribution in [1.29, 1.82) is 0 Å². The van der Waals surface area contributed by atoms with Gasteiger partial charge in [0, 0.05) is 0 Å². The van der Waals surface area contributed by atoms with Gasteiger partial charge < -0.3 is 20.6 Å². The van der Waals surface area contributed by atoms with Gasteiger partial charge in [-0.15, -0.1) is 0 Å². The molecule has 0 fully saturated rings. The number of fused-ring (bicyclic) bond motifs is 1. The highest BCUT2D eigenvalue weighted by Crippen LogP contribution is 2.25. The van der Waals surface area contributed by atoms with Gasteiger partial charge in [0.25, 0.3) is 0 Å². The molecule has 0 radical (unpaired) electrons. The molecule has 0 saturated heterocycles. The van der Waals surface area contributed by atoms with Crippen LogP contribution in [0.5, 0.6) is 6.01 Å². The van der Waals surface area contributed by atoms with Gasteiger partial charge in [-0.05, 0) is 23.3 Å². The predicted octanol–water partition coefficient (Wildman–Crippen LogP) is 2.10. The summed E-state index contributed by atoms with van der Waals surface area (Å²) in [5.41, 5.74) is 7.70. The number of amides is 1. The number of aromatic nitrogens is 2. The Bertz CT molecular complexity index is 783. The fraction of sp³-hybridized carbons (Fsp3) is 0.0667. The summed E-state index contributed by atoms with van der Waals surface area (Å²) >= 11 is 0. The molecule has 1 unspecified atom stereocenters. The van der Waals surface area contributed by atoms with Gasteiger partial charge in [0.05, 0.1) is 11.0 Å². The molecule has 2 aromatic carbocycles. The molecule has 1 aromatic heterocycles. The van der Waals surface area contributed by atoms with Crippen LogP contribution in [-0.4, -0.2) is 21.2 Å². The summed E-state index contributed by atoms with van der Waals surface area (Å²) in [5, 5.41) is 10.4. The molecule has 1 heterocycles. The molecule has 106 valence electrons. The van der Waals surface area contributed by atoms with Gasteiger partial charge in [-0.25, -0.2) is 4.79 Å². The average molecular weight is 283 g/mol. The summed E-state index contributed by atoms with van der Waals surface area (Å²) < 4.78 is 4.69. The molecule has 6 nitrogen and oxygen atoms in total. The molecule has 0 aliphatic rings. The number of benzene rings is 2. The first-order valence-corrected chi connectivity index (χ1v) is 6.33. The Morgan fingerprint density at radius 1 is 1.19 bits per heavy atom. The maximum Gasteiger partial charge on any atom is 0.412 e. The van der Waals surface area contributed by atoms with Crippen LogP contribution in [0, 0.1) is 0 Å². The van der Waals surface area contributed by atoms with E-state index in [0.29, 0.717) is 16.6 Å². The van der Waals surface area contributed by atoms with Crippen molar-refractivity contribution >= 4 is 17.1 Å². The maximum atomic E-state index is 10.7. The number of carbonyl (C=O) groups excluding carboxylic acids is 1. The topological polar surface area (TPSA) is 101 Å². The molecule has 0 spiro atoms. The van der Waals surface area contributed by atoms with E-state index in [-0.39, 0.29) is 6.01 Å². The Labute approximate surface area is 120 Å². The van der Waals surface area contributed by atoms with Crippen LogP contribution in [0.25, 0.3) is 11.0 Å². The van der Waals surface area contributed by atoms with Gasteiger partial charge in [-0.2, -0.15) is 4.98 Å². The Kier molecular flexibility index (Phi) is 3.29. The molecule has 0 aliphatic carbocycles. The second-order valence-electron chi connectivity index (χ2n) is 4.55. The van der Waals surface area contributed by atoms with Crippen LogP contribution < -0.4 is 10.5 Å². The first-order valence-electron chi connectivity index (χ1n) is 6.33. The fourth-order valence-corrected chi connectivity index (χ4v) is 2.14. The van der Waals surface area contributed by atoms with E-state index in [2.05, 4.69) is 9.97 Å². The number of nitrogens with one attached hydrogen (secondary N) is 1. The molecule has 0 bridgehead atoms. The highest BCUT2D eigenvalue weighted by Gasteiger charge is 2.13. The molecule has 6 heteroatoms. The highest BCUT2D eigenvalue weighted by atomic mass is 16.6. The smallest absolute Gasteiger partial charge is 0.384 e. The van der Waals surface area contributed by atoms with Gasteiger partial charge in [0.1, 0.15) is 6.10 Å². The lowest BCUT2D eigenvalue weighted by Crippen LogP contribution is -2.16. The predicted molar refractivity (Wildman–Crippen MR) is 76.8 cm³/mol. The van der Waals surface area contributed by atoms with E-state index < -0.39 is 12.2 Å².